The van der Waals surface area contributed by atoms with E-state index < -0.39 is 11.9 Å². The molecule has 1 aliphatic carbocycles. The molecule has 0 aliphatic heterocycles. The van der Waals surface area contributed by atoms with E-state index in [4.69, 9.17) is 10.2 Å². The van der Waals surface area contributed by atoms with Crippen molar-refractivity contribution in [2.24, 2.45) is 0 Å². The summed E-state index contributed by atoms with van der Waals surface area (Å²) in [7, 11) is 0. The third-order valence-electron chi connectivity index (χ3n) is 3.41. The van der Waals surface area contributed by atoms with E-state index in [9.17, 15) is 9.59 Å². The standard InChI is InChI=1S/C9H8O4.C9H8/c1-5-2-3-6(8(10)11)4-7(5)9(12)13;1-2-5-9-7-3-6-8(9)4-1/h2-4H,1H3,(H,10,11)(H,12,13);1-6H,7H2. The van der Waals surface area contributed by atoms with Crippen molar-refractivity contribution >= 4 is 18.0 Å². The minimum absolute atomic E-state index is 0.0111. The number of rotatable bonds is 2. The molecule has 0 aromatic heterocycles. The number of benzene rings is 2. The van der Waals surface area contributed by atoms with E-state index in [0.717, 1.165) is 12.5 Å². The molecule has 1 aliphatic rings. The Balaban J connectivity index is 0.000000170. The average molecular weight is 296 g/mol. The Morgan fingerprint density at radius 3 is 2.36 bits per heavy atom. The molecular formula is C18H16O4. The zero-order valence-corrected chi connectivity index (χ0v) is 12.1. The van der Waals surface area contributed by atoms with Crippen LogP contribution < -0.4 is 0 Å². The molecule has 0 spiro atoms. The fourth-order valence-electron chi connectivity index (χ4n) is 2.18. The molecule has 4 heteroatoms. The van der Waals surface area contributed by atoms with Gasteiger partial charge in [-0.15, -0.1) is 0 Å². The molecule has 0 bridgehead atoms. The second-order valence-electron chi connectivity index (χ2n) is 4.95. The molecule has 0 radical (unpaired) electrons. The molecule has 0 atom stereocenters. The third kappa shape index (κ3) is 3.61. The van der Waals surface area contributed by atoms with Crippen LogP contribution in [-0.4, -0.2) is 22.2 Å². The molecule has 2 N–H and O–H groups in total. The van der Waals surface area contributed by atoms with Gasteiger partial charge < -0.3 is 10.2 Å². The largest absolute Gasteiger partial charge is 0.478 e. The van der Waals surface area contributed by atoms with Gasteiger partial charge >= 0.3 is 11.9 Å². The van der Waals surface area contributed by atoms with Crippen molar-refractivity contribution in [3.8, 4) is 0 Å². The van der Waals surface area contributed by atoms with Gasteiger partial charge in [0.15, 0.2) is 0 Å². The average Bonchev–Trinajstić information content (AvgIpc) is 2.96. The first-order valence-corrected chi connectivity index (χ1v) is 6.80. The van der Waals surface area contributed by atoms with Crippen molar-refractivity contribution in [3.05, 3.63) is 76.4 Å². The van der Waals surface area contributed by atoms with Gasteiger partial charge in [0.2, 0.25) is 0 Å². The van der Waals surface area contributed by atoms with Gasteiger partial charge in [0.1, 0.15) is 0 Å². The predicted octanol–water partition coefficient (Wildman–Crippen LogP) is 3.65. The smallest absolute Gasteiger partial charge is 0.335 e. The quantitative estimate of drug-likeness (QED) is 0.887. The van der Waals surface area contributed by atoms with Crippen molar-refractivity contribution in [1.29, 1.82) is 0 Å². The number of hydrogen-bond donors (Lipinski definition) is 2. The lowest BCUT2D eigenvalue weighted by Crippen LogP contribution is -2.03. The maximum absolute atomic E-state index is 10.6. The summed E-state index contributed by atoms with van der Waals surface area (Å²) in [5, 5.41) is 17.3. The molecular weight excluding hydrogens is 280 g/mol. The summed E-state index contributed by atoms with van der Waals surface area (Å²) in [6.07, 6.45) is 5.50. The van der Waals surface area contributed by atoms with E-state index in [-0.39, 0.29) is 11.1 Å². The number of carboxylic acid groups (broad SMARTS) is 2. The number of carboxylic acids is 2. The van der Waals surface area contributed by atoms with Gasteiger partial charge in [-0.05, 0) is 42.2 Å². The molecule has 2 aromatic rings. The maximum atomic E-state index is 10.6. The minimum Gasteiger partial charge on any atom is -0.478 e. The van der Waals surface area contributed by atoms with Gasteiger partial charge in [-0.25, -0.2) is 9.59 Å². The Kier molecular flexibility index (Phi) is 4.73. The summed E-state index contributed by atoms with van der Waals surface area (Å²) in [6, 6.07) is 12.5. The van der Waals surface area contributed by atoms with E-state index in [0.29, 0.717) is 5.56 Å². The van der Waals surface area contributed by atoms with Crippen LogP contribution in [0.4, 0.5) is 0 Å². The summed E-state index contributed by atoms with van der Waals surface area (Å²) in [6.45, 7) is 1.62. The van der Waals surface area contributed by atoms with Crippen LogP contribution in [0.25, 0.3) is 6.08 Å². The van der Waals surface area contributed by atoms with Crippen molar-refractivity contribution in [2.75, 3.05) is 0 Å². The third-order valence-corrected chi connectivity index (χ3v) is 3.41. The second-order valence-corrected chi connectivity index (χ2v) is 4.95. The van der Waals surface area contributed by atoms with Gasteiger partial charge in [0, 0.05) is 0 Å². The van der Waals surface area contributed by atoms with Crippen LogP contribution in [0.1, 0.15) is 37.4 Å². The molecule has 112 valence electrons. The topological polar surface area (TPSA) is 74.6 Å². The Hall–Kier alpha value is -2.88. The molecule has 0 unspecified atom stereocenters. The van der Waals surface area contributed by atoms with Crippen LogP contribution in [0.5, 0.6) is 0 Å². The Morgan fingerprint density at radius 1 is 1.00 bits per heavy atom. The second kappa shape index (κ2) is 6.72. The highest BCUT2D eigenvalue weighted by atomic mass is 16.4. The number of allylic oxidation sites excluding steroid dienone is 1. The summed E-state index contributed by atoms with van der Waals surface area (Å²) in [4.78, 5) is 21.1. The minimum atomic E-state index is -1.12. The molecule has 4 nitrogen and oxygen atoms in total. The summed E-state index contributed by atoms with van der Waals surface area (Å²) in [5.41, 5.74) is 3.41. The molecule has 2 aromatic carbocycles. The van der Waals surface area contributed by atoms with Crippen molar-refractivity contribution in [3.63, 3.8) is 0 Å². The van der Waals surface area contributed by atoms with E-state index in [1.165, 1.54) is 23.3 Å². The van der Waals surface area contributed by atoms with Crippen molar-refractivity contribution in [2.45, 2.75) is 13.3 Å². The fourth-order valence-corrected chi connectivity index (χ4v) is 2.18. The van der Waals surface area contributed by atoms with E-state index in [1.807, 2.05) is 0 Å². The molecule has 0 fully saturated rings. The first kappa shape index (κ1) is 15.5. The highest BCUT2D eigenvalue weighted by molar-refractivity contribution is 5.94. The number of aryl methyl sites for hydroxylation is 1. The van der Waals surface area contributed by atoms with Crippen LogP contribution in [0.15, 0.2) is 48.5 Å². The van der Waals surface area contributed by atoms with Crippen molar-refractivity contribution in [1.82, 2.24) is 0 Å². The van der Waals surface area contributed by atoms with E-state index >= 15 is 0 Å². The van der Waals surface area contributed by atoms with Gasteiger partial charge in [-0.1, -0.05) is 42.5 Å². The SMILES string of the molecule is C1=Cc2ccccc2C1.Cc1ccc(C(=O)O)cc1C(=O)O. The van der Waals surface area contributed by atoms with Crippen LogP contribution in [-0.2, 0) is 6.42 Å². The number of carbonyl (C=O) groups is 2. The molecule has 0 saturated heterocycles. The molecule has 0 saturated carbocycles. The Morgan fingerprint density at radius 2 is 1.73 bits per heavy atom. The van der Waals surface area contributed by atoms with Crippen LogP contribution in [0.2, 0.25) is 0 Å². The van der Waals surface area contributed by atoms with Crippen molar-refractivity contribution < 1.29 is 19.8 Å². The number of aromatic carboxylic acids is 2. The Labute approximate surface area is 128 Å². The molecule has 0 heterocycles. The van der Waals surface area contributed by atoms with Gasteiger partial charge in [-0.2, -0.15) is 0 Å². The number of hydrogen-bond acceptors (Lipinski definition) is 2. The Bertz CT molecular complexity index is 745. The lowest BCUT2D eigenvalue weighted by Gasteiger charge is -2.01. The van der Waals surface area contributed by atoms with Crippen LogP contribution in [0.3, 0.4) is 0 Å². The van der Waals surface area contributed by atoms with E-state index in [2.05, 4.69) is 36.4 Å². The summed E-state index contributed by atoms with van der Waals surface area (Å²) < 4.78 is 0. The summed E-state index contributed by atoms with van der Waals surface area (Å²) in [5.74, 6) is -2.23. The van der Waals surface area contributed by atoms with Gasteiger partial charge in [0.05, 0.1) is 11.1 Å². The van der Waals surface area contributed by atoms with Gasteiger partial charge in [0.25, 0.3) is 0 Å². The maximum Gasteiger partial charge on any atom is 0.335 e. The predicted molar refractivity (Wildman–Crippen MR) is 84.3 cm³/mol. The lowest BCUT2D eigenvalue weighted by molar-refractivity contribution is 0.0695. The normalized spacial score (nSPS) is 11.3. The van der Waals surface area contributed by atoms with Crippen LogP contribution in [0, 0.1) is 6.92 Å². The highest BCUT2D eigenvalue weighted by Gasteiger charge is 2.10. The highest BCUT2D eigenvalue weighted by Crippen LogP contribution is 2.17. The number of fused-ring (bicyclic) bond motifs is 1. The van der Waals surface area contributed by atoms with Crippen LogP contribution >= 0.6 is 0 Å². The lowest BCUT2D eigenvalue weighted by atomic mass is 10.1. The molecule has 3 rings (SSSR count). The van der Waals surface area contributed by atoms with Gasteiger partial charge in [-0.3, -0.25) is 0 Å². The first-order valence-electron chi connectivity index (χ1n) is 6.80. The zero-order chi connectivity index (χ0) is 16.1. The zero-order valence-electron chi connectivity index (χ0n) is 12.1. The monoisotopic (exact) mass is 296 g/mol. The molecule has 22 heavy (non-hydrogen) atoms. The molecule has 0 amide bonds. The first-order chi connectivity index (χ1) is 10.5. The van der Waals surface area contributed by atoms with E-state index in [1.54, 1.807) is 6.92 Å². The summed E-state index contributed by atoms with van der Waals surface area (Å²) >= 11 is 0. The fraction of sp³-hybridized carbons (Fsp3) is 0.111.